The van der Waals surface area contributed by atoms with Gasteiger partial charge in [-0.3, -0.25) is 4.90 Å². The van der Waals surface area contributed by atoms with E-state index in [2.05, 4.69) is 26.1 Å². The highest BCUT2D eigenvalue weighted by Crippen LogP contribution is 2.45. The minimum absolute atomic E-state index is 0. The van der Waals surface area contributed by atoms with E-state index < -0.39 is 0 Å². The zero-order chi connectivity index (χ0) is 15.5. The number of piperazine rings is 1. The van der Waals surface area contributed by atoms with Crippen molar-refractivity contribution >= 4 is 52.3 Å². The summed E-state index contributed by atoms with van der Waals surface area (Å²) in [6.07, 6.45) is 2.02. The summed E-state index contributed by atoms with van der Waals surface area (Å²) in [5, 5.41) is 14.6. The molecule has 0 aliphatic carbocycles. The van der Waals surface area contributed by atoms with Crippen molar-refractivity contribution in [1.29, 1.82) is 0 Å². The molecule has 3 rings (SSSR count). The summed E-state index contributed by atoms with van der Waals surface area (Å²) < 4.78 is 6.23. The van der Waals surface area contributed by atoms with Gasteiger partial charge in [0.05, 0.1) is 4.47 Å². The van der Waals surface area contributed by atoms with Gasteiger partial charge in [0.1, 0.15) is 5.75 Å². The van der Waals surface area contributed by atoms with Crippen LogP contribution in [0.1, 0.15) is 24.4 Å². The molecule has 2 aliphatic rings. The predicted molar refractivity (Wildman–Crippen MR) is 106 cm³/mol. The first-order valence-electron chi connectivity index (χ1n) is 7.88. The third kappa shape index (κ3) is 4.91. The molecular weight excluding hydrogens is 438 g/mol. The van der Waals surface area contributed by atoms with E-state index in [1.807, 2.05) is 6.07 Å². The number of rotatable bonds is 3. The highest BCUT2D eigenvalue weighted by molar-refractivity contribution is 9.10. The number of halogens is 4. The second-order valence-corrected chi connectivity index (χ2v) is 7.23. The van der Waals surface area contributed by atoms with Crippen molar-refractivity contribution in [2.45, 2.75) is 18.9 Å². The van der Waals surface area contributed by atoms with Crippen molar-refractivity contribution in [3.8, 4) is 5.75 Å². The maximum Gasteiger partial charge on any atom is 0.136 e. The molecule has 0 spiro atoms. The van der Waals surface area contributed by atoms with Crippen molar-refractivity contribution in [3.05, 3.63) is 27.2 Å². The van der Waals surface area contributed by atoms with Crippen LogP contribution in [0.5, 0.6) is 5.75 Å². The van der Waals surface area contributed by atoms with Crippen molar-refractivity contribution in [3.63, 3.8) is 0 Å². The van der Waals surface area contributed by atoms with Gasteiger partial charge in [0.15, 0.2) is 0 Å². The number of ether oxygens (including phenoxy) is 1. The Morgan fingerprint density at radius 1 is 1.21 bits per heavy atom. The van der Waals surface area contributed by atoms with E-state index in [1.165, 1.54) is 0 Å². The molecule has 8 heteroatoms. The number of aromatic hydroxyl groups is 1. The average Bonchev–Trinajstić information content (AvgIpc) is 2.57. The fourth-order valence-electron chi connectivity index (χ4n) is 3.55. The molecule has 2 heterocycles. The SMILES string of the molecule is Cl.Cl.Oc1c(Br)ccc(Cl)c1[C@H](C1CCOCC1)N1CCNCC1. The summed E-state index contributed by atoms with van der Waals surface area (Å²) in [5.41, 5.74) is 0.866. The molecule has 2 saturated heterocycles. The van der Waals surface area contributed by atoms with Crippen LogP contribution in [0.4, 0.5) is 0 Å². The summed E-state index contributed by atoms with van der Waals surface area (Å²) >= 11 is 9.91. The van der Waals surface area contributed by atoms with E-state index >= 15 is 0 Å². The van der Waals surface area contributed by atoms with E-state index in [-0.39, 0.29) is 36.6 Å². The number of phenols is 1. The molecule has 138 valence electrons. The number of phenolic OH excluding ortho intramolecular Hbond substituents is 1. The number of benzene rings is 1. The van der Waals surface area contributed by atoms with E-state index in [1.54, 1.807) is 6.07 Å². The van der Waals surface area contributed by atoms with Crippen LogP contribution in [0.3, 0.4) is 0 Å². The Morgan fingerprint density at radius 3 is 2.46 bits per heavy atom. The van der Waals surface area contributed by atoms with Gasteiger partial charge >= 0.3 is 0 Å². The summed E-state index contributed by atoms with van der Waals surface area (Å²) in [6, 6.07) is 3.82. The molecule has 1 aromatic carbocycles. The zero-order valence-electron chi connectivity index (χ0n) is 13.3. The number of nitrogens with one attached hydrogen (secondary N) is 1. The Hall–Kier alpha value is 0.250. The lowest BCUT2D eigenvalue weighted by Gasteiger charge is -2.41. The van der Waals surface area contributed by atoms with Crippen LogP contribution < -0.4 is 5.32 Å². The average molecular weight is 463 g/mol. The smallest absolute Gasteiger partial charge is 0.136 e. The van der Waals surface area contributed by atoms with Crippen LogP contribution in [0.25, 0.3) is 0 Å². The molecule has 0 unspecified atom stereocenters. The summed E-state index contributed by atoms with van der Waals surface area (Å²) in [6.45, 7) is 5.49. The van der Waals surface area contributed by atoms with Crippen LogP contribution in [0.2, 0.25) is 5.02 Å². The molecule has 0 saturated carbocycles. The van der Waals surface area contributed by atoms with Crippen LogP contribution in [0.15, 0.2) is 16.6 Å². The van der Waals surface area contributed by atoms with Gasteiger partial charge in [-0.05, 0) is 46.8 Å². The molecule has 2 fully saturated rings. The van der Waals surface area contributed by atoms with Gasteiger partial charge in [0.2, 0.25) is 0 Å². The fraction of sp³-hybridized carbons (Fsp3) is 0.625. The van der Waals surface area contributed by atoms with E-state index in [0.717, 1.165) is 57.8 Å². The Morgan fingerprint density at radius 2 is 1.83 bits per heavy atom. The first kappa shape index (κ1) is 22.3. The second kappa shape index (κ2) is 10.4. The largest absolute Gasteiger partial charge is 0.506 e. The first-order chi connectivity index (χ1) is 10.7. The second-order valence-electron chi connectivity index (χ2n) is 5.97. The molecule has 1 atom stereocenters. The summed E-state index contributed by atoms with van der Waals surface area (Å²) in [5.74, 6) is 0.743. The van der Waals surface area contributed by atoms with Crippen LogP contribution in [-0.2, 0) is 4.74 Å². The number of nitrogens with zero attached hydrogens (tertiary/aromatic N) is 1. The molecule has 0 radical (unpaired) electrons. The molecule has 0 bridgehead atoms. The van der Waals surface area contributed by atoms with Crippen molar-refractivity contribution in [2.75, 3.05) is 39.4 Å². The van der Waals surface area contributed by atoms with Crippen LogP contribution in [-0.4, -0.2) is 49.4 Å². The van der Waals surface area contributed by atoms with E-state index in [4.69, 9.17) is 16.3 Å². The maximum atomic E-state index is 10.6. The van der Waals surface area contributed by atoms with Gasteiger partial charge in [0.25, 0.3) is 0 Å². The van der Waals surface area contributed by atoms with Gasteiger partial charge in [-0.2, -0.15) is 0 Å². The van der Waals surface area contributed by atoms with Gasteiger partial charge in [-0.1, -0.05) is 11.6 Å². The molecular formula is C16H24BrCl3N2O2. The monoisotopic (exact) mass is 460 g/mol. The van der Waals surface area contributed by atoms with Crippen molar-refractivity contribution in [1.82, 2.24) is 10.2 Å². The molecule has 2 aliphatic heterocycles. The predicted octanol–water partition coefficient (Wildman–Crippen LogP) is 4.02. The highest BCUT2D eigenvalue weighted by Gasteiger charge is 2.34. The van der Waals surface area contributed by atoms with Gasteiger partial charge in [0, 0.05) is 56.0 Å². The topological polar surface area (TPSA) is 44.7 Å². The fourth-order valence-corrected chi connectivity index (χ4v) is 4.16. The molecule has 2 N–H and O–H groups in total. The third-order valence-electron chi connectivity index (χ3n) is 4.67. The quantitative estimate of drug-likeness (QED) is 0.712. The van der Waals surface area contributed by atoms with Gasteiger partial charge in [-0.15, -0.1) is 24.8 Å². The highest BCUT2D eigenvalue weighted by atomic mass is 79.9. The maximum absolute atomic E-state index is 10.6. The van der Waals surface area contributed by atoms with E-state index in [9.17, 15) is 5.11 Å². The minimum Gasteiger partial charge on any atom is -0.506 e. The minimum atomic E-state index is 0. The third-order valence-corrected chi connectivity index (χ3v) is 5.64. The standard InChI is InChI=1S/C16H22BrClN2O2.2ClH/c17-12-1-2-13(18)14(16(12)21)15(11-3-9-22-10-4-11)20-7-5-19-6-8-20;;/h1-2,11,15,19,21H,3-10H2;2*1H/t15-;;/m0../s1. The van der Waals surface area contributed by atoms with Crippen LogP contribution >= 0.6 is 52.3 Å². The van der Waals surface area contributed by atoms with Crippen molar-refractivity contribution in [2.24, 2.45) is 5.92 Å². The molecule has 1 aromatic rings. The van der Waals surface area contributed by atoms with Crippen molar-refractivity contribution < 1.29 is 9.84 Å². The Kier molecular flexibility index (Phi) is 9.67. The molecule has 24 heavy (non-hydrogen) atoms. The Labute approximate surface area is 169 Å². The lowest BCUT2D eigenvalue weighted by atomic mass is 9.85. The lowest BCUT2D eigenvalue weighted by Crippen LogP contribution is -2.47. The Bertz CT molecular complexity index is 506. The normalized spacial score (nSPS) is 20.8. The number of hydrogen-bond acceptors (Lipinski definition) is 4. The molecule has 0 amide bonds. The van der Waals surface area contributed by atoms with E-state index in [0.29, 0.717) is 15.4 Å². The molecule has 0 aromatic heterocycles. The first-order valence-corrected chi connectivity index (χ1v) is 9.05. The Balaban J connectivity index is 0.00000144. The zero-order valence-corrected chi connectivity index (χ0v) is 17.3. The van der Waals surface area contributed by atoms with Gasteiger partial charge < -0.3 is 15.2 Å². The van der Waals surface area contributed by atoms with Gasteiger partial charge in [-0.25, -0.2) is 0 Å². The summed E-state index contributed by atoms with van der Waals surface area (Å²) in [7, 11) is 0. The summed E-state index contributed by atoms with van der Waals surface area (Å²) in [4.78, 5) is 2.46. The molecule has 4 nitrogen and oxygen atoms in total. The lowest BCUT2D eigenvalue weighted by molar-refractivity contribution is 0.0206. The van der Waals surface area contributed by atoms with Crippen LogP contribution in [0, 0.1) is 5.92 Å². The number of hydrogen-bond donors (Lipinski definition) is 2.